The van der Waals surface area contributed by atoms with Gasteiger partial charge in [0.1, 0.15) is 17.2 Å². The van der Waals surface area contributed by atoms with Crippen LogP contribution >= 0.6 is 0 Å². The summed E-state index contributed by atoms with van der Waals surface area (Å²) in [7, 11) is -4.51. The maximum atomic E-state index is 12.7. The number of ether oxygens (including phenoxy) is 2. The maximum absolute atomic E-state index is 12.7. The van der Waals surface area contributed by atoms with Crippen LogP contribution in [0.5, 0.6) is 11.5 Å². The van der Waals surface area contributed by atoms with Crippen LogP contribution in [0.15, 0.2) is 148 Å². The van der Waals surface area contributed by atoms with Gasteiger partial charge in [0.05, 0.1) is 36.8 Å². The van der Waals surface area contributed by atoms with Gasteiger partial charge in [0, 0.05) is 41.1 Å². The Morgan fingerprint density at radius 1 is 0.673 bits per heavy atom. The van der Waals surface area contributed by atoms with Crippen molar-refractivity contribution >= 4 is 31.4 Å². The van der Waals surface area contributed by atoms with Crippen LogP contribution in [0.3, 0.4) is 0 Å². The maximum Gasteiger partial charge on any atom is 0.262 e. The first kappa shape index (κ1) is 38.2. The zero-order valence-electron chi connectivity index (χ0n) is 30.0. The molecule has 0 amide bonds. The molecule has 0 saturated heterocycles. The molecule has 5 aromatic carbocycles. The van der Waals surface area contributed by atoms with E-state index >= 15 is 0 Å². The summed E-state index contributed by atoms with van der Waals surface area (Å²) in [6, 6.07) is 36.4. The number of rotatable bonds is 13. The fraction of sp³-hybridized carbons (Fsp3) is 0.128. The van der Waals surface area contributed by atoms with E-state index in [4.69, 9.17) is 14.0 Å². The summed E-state index contributed by atoms with van der Waals surface area (Å²) < 4.78 is 72.7. The molecule has 0 aliphatic rings. The van der Waals surface area contributed by atoms with Crippen molar-refractivity contribution in [3.8, 4) is 34.1 Å². The Morgan fingerprint density at radius 3 is 1.80 bits per heavy atom. The molecule has 14 nitrogen and oxygen atoms in total. The highest BCUT2D eigenvalue weighted by molar-refractivity contribution is 7.93. The van der Waals surface area contributed by atoms with E-state index < -0.39 is 20.0 Å². The van der Waals surface area contributed by atoms with Gasteiger partial charge >= 0.3 is 0 Å². The highest BCUT2D eigenvalue weighted by Gasteiger charge is 2.17. The first-order valence-electron chi connectivity index (χ1n) is 16.9. The predicted octanol–water partition coefficient (Wildman–Crippen LogP) is 6.91. The number of nitrogens with one attached hydrogen (secondary N) is 2. The largest absolute Gasteiger partial charge is 0.497 e. The van der Waals surface area contributed by atoms with Gasteiger partial charge in [-0.25, -0.2) is 21.5 Å². The fourth-order valence-corrected chi connectivity index (χ4v) is 7.39. The second kappa shape index (κ2) is 17.1. The molecule has 2 N–H and O–H groups in total. The number of sulfonamides is 2. The molecular formula is C39H37N7O7S2. The topological polar surface area (TPSA) is 180 Å². The number of aryl methyl sites for hydroxylation is 1. The predicted molar refractivity (Wildman–Crippen MR) is 208 cm³/mol. The summed E-state index contributed by atoms with van der Waals surface area (Å²) in [4.78, 5) is 4.49. The zero-order valence-corrected chi connectivity index (χ0v) is 31.7. The Labute approximate surface area is 318 Å². The first-order chi connectivity index (χ1) is 26.5. The standard InChI is InChI=1S/C22H20N4O3S.C17H17N3O4S/c1-29-20-11-6-12-21(14-20)30(27,28)24-19-10-5-9-18(13-19)22-16-26(25-23-22)15-17-7-3-2-4-8-17;1-3-16-18-17(19-24-16)12-6-4-7-13(10-12)20-25(21,22)15-9-5-8-14(11-15)23-2/h2-14,16,24H,15H2,1H3;4-11,20H,3H2,1-2H3. The van der Waals surface area contributed by atoms with Gasteiger partial charge in [-0.15, -0.1) is 5.10 Å². The molecule has 7 rings (SSSR count). The quantitative estimate of drug-likeness (QED) is 0.124. The summed E-state index contributed by atoms with van der Waals surface area (Å²) in [5.41, 5.74) is 4.05. The molecule has 55 heavy (non-hydrogen) atoms. The van der Waals surface area contributed by atoms with Crippen LogP contribution in [0.2, 0.25) is 0 Å². The van der Waals surface area contributed by atoms with Gasteiger partial charge in [0.2, 0.25) is 11.7 Å². The van der Waals surface area contributed by atoms with Crippen molar-refractivity contribution in [2.24, 2.45) is 0 Å². The smallest absolute Gasteiger partial charge is 0.262 e. The molecule has 0 aliphatic heterocycles. The molecule has 2 aromatic heterocycles. The number of aromatic nitrogens is 5. The van der Waals surface area contributed by atoms with Gasteiger partial charge in [0.25, 0.3) is 20.0 Å². The van der Waals surface area contributed by atoms with Crippen LogP contribution in [0.4, 0.5) is 11.4 Å². The number of hydrogen-bond donors (Lipinski definition) is 2. The Hall–Kier alpha value is -6.52. The SMILES string of the molecule is CCc1nc(-c2cccc(NS(=O)(=O)c3cccc(OC)c3)c2)no1.COc1cccc(S(=O)(=O)Nc2cccc(-c3cn(Cc4ccccc4)nn3)c2)c1. The lowest BCUT2D eigenvalue weighted by Gasteiger charge is -2.10. The average Bonchev–Trinajstić information content (AvgIpc) is 3.89. The summed E-state index contributed by atoms with van der Waals surface area (Å²) >= 11 is 0. The lowest BCUT2D eigenvalue weighted by molar-refractivity contribution is 0.383. The van der Waals surface area contributed by atoms with Gasteiger partial charge in [-0.2, -0.15) is 4.98 Å². The molecule has 0 radical (unpaired) electrons. The van der Waals surface area contributed by atoms with Gasteiger partial charge < -0.3 is 14.0 Å². The number of methoxy groups -OCH3 is 2. The van der Waals surface area contributed by atoms with Crippen molar-refractivity contribution in [1.82, 2.24) is 25.1 Å². The minimum absolute atomic E-state index is 0.116. The zero-order chi connectivity index (χ0) is 38.8. The normalized spacial score (nSPS) is 11.3. The highest BCUT2D eigenvalue weighted by atomic mass is 32.2. The van der Waals surface area contributed by atoms with Gasteiger partial charge in [0.15, 0.2) is 0 Å². The van der Waals surface area contributed by atoms with Gasteiger partial charge in [-0.05, 0) is 54.1 Å². The molecule has 0 fully saturated rings. The van der Waals surface area contributed by atoms with E-state index in [1.165, 1.54) is 38.5 Å². The lowest BCUT2D eigenvalue weighted by atomic mass is 10.1. The van der Waals surface area contributed by atoms with Crippen molar-refractivity contribution in [2.45, 2.75) is 29.7 Å². The van der Waals surface area contributed by atoms with E-state index in [-0.39, 0.29) is 9.79 Å². The van der Waals surface area contributed by atoms with E-state index in [1.54, 1.807) is 71.4 Å². The summed E-state index contributed by atoms with van der Waals surface area (Å²) in [5.74, 6) is 1.88. The van der Waals surface area contributed by atoms with Crippen molar-refractivity contribution in [2.75, 3.05) is 23.7 Å². The monoisotopic (exact) mass is 779 g/mol. The Balaban J connectivity index is 0.000000190. The molecule has 7 aromatic rings. The third-order valence-corrected chi connectivity index (χ3v) is 10.7. The number of benzene rings is 5. The van der Waals surface area contributed by atoms with Gasteiger partial charge in [-0.3, -0.25) is 9.44 Å². The fourth-order valence-electron chi connectivity index (χ4n) is 5.22. The Morgan fingerprint density at radius 2 is 1.24 bits per heavy atom. The third-order valence-electron chi connectivity index (χ3n) is 7.98. The van der Waals surface area contributed by atoms with Crippen LogP contribution < -0.4 is 18.9 Å². The molecule has 0 aliphatic carbocycles. The summed E-state index contributed by atoms with van der Waals surface area (Å²) in [6.45, 7) is 2.52. The van der Waals surface area contributed by atoms with Crippen molar-refractivity contribution in [1.29, 1.82) is 0 Å². The number of hydrogen-bond acceptors (Lipinski definition) is 11. The van der Waals surface area contributed by atoms with Crippen LogP contribution in [-0.2, 0) is 33.0 Å². The Kier molecular flexibility index (Phi) is 11.9. The van der Waals surface area contributed by atoms with Gasteiger partial charge in [-0.1, -0.05) is 84.0 Å². The highest BCUT2D eigenvalue weighted by Crippen LogP contribution is 2.26. The van der Waals surface area contributed by atoms with E-state index in [1.807, 2.05) is 49.5 Å². The molecule has 0 atom stereocenters. The number of anilines is 2. The lowest BCUT2D eigenvalue weighted by Crippen LogP contribution is -2.13. The molecule has 0 saturated carbocycles. The first-order valence-corrected chi connectivity index (χ1v) is 19.8. The molecule has 0 bridgehead atoms. The van der Waals surface area contributed by atoms with E-state index in [0.717, 1.165) is 11.1 Å². The number of nitrogens with zero attached hydrogens (tertiary/aromatic N) is 5. The molecule has 2 heterocycles. The minimum atomic E-state index is -3.75. The molecule has 0 unspecified atom stereocenters. The van der Waals surface area contributed by atoms with Crippen LogP contribution in [0.25, 0.3) is 22.6 Å². The average molecular weight is 780 g/mol. The second-order valence-electron chi connectivity index (χ2n) is 11.9. The summed E-state index contributed by atoms with van der Waals surface area (Å²) in [6.07, 6.45) is 2.47. The minimum Gasteiger partial charge on any atom is -0.497 e. The summed E-state index contributed by atoms with van der Waals surface area (Å²) in [5, 5.41) is 12.3. The van der Waals surface area contributed by atoms with Crippen LogP contribution in [0.1, 0.15) is 18.4 Å². The van der Waals surface area contributed by atoms with E-state index in [2.05, 4.69) is 29.9 Å². The second-order valence-corrected chi connectivity index (χ2v) is 15.2. The van der Waals surface area contributed by atoms with E-state index in [9.17, 15) is 16.8 Å². The van der Waals surface area contributed by atoms with Crippen LogP contribution in [0, 0.1) is 0 Å². The van der Waals surface area contributed by atoms with E-state index in [0.29, 0.717) is 58.8 Å². The Bertz CT molecular complexity index is 2590. The van der Waals surface area contributed by atoms with Crippen molar-refractivity contribution < 1.29 is 30.8 Å². The third kappa shape index (κ3) is 9.92. The molecular weight excluding hydrogens is 743 g/mol. The van der Waals surface area contributed by atoms with Crippen molar-refractivity contribution in [3.63, 3.8) is 0 Å². The molecule has 16 heteroatoms. The molecule has 282 valence electrons. The molecule has 0 spiro atoms. The van der Waals surface area contributed by atoms with Crippen molar-refractivity contribution in [3.05, 3.63) is 145 Å². The van der Waals surface area contributed by atoms with Crippen LogP contribution in [-0.4, -0.2) is 56.2 Å².